The topological polar surface area (TPSA) is 51.7 Å². The Kier molecular flexibility index (Phi) is 4.01. The summed E-state index contributed by atoms with van der Waals surface area (Å²) in [6.45, 7) is 1.20. The highest BCUT2D eigenvalue weighted by Gasteiger charge is 2.46. The first kappa shape index (κ1) is 14.7. The highest BCUT2D eigenvalue weighted by Crippen LogP contribution is 2.33. The first-order valence-corrected chi connectivity index (χ1v) is 8.74. The molecule has 1 saturated carbocycles. The number of ether oxygens (including phenoxy) is 2. The molecule has 2 aliphatic rings. The lowest BCUT2D eigenvalue weighted by Crippen LogP contribution is -2.54. The number of aromatic nitrogens is 1. The third-order valence-electron chi connectivity index (χ3n) is 4.44. The van der Waals surface area contributed by atoms with Gasteiger partial charge < -0.3 is 14.4 Å². The molecule has 4 rings (SSSR count). The highest BCUT2D eigenvalue weighted by atomic mass is 32.1. The summed E-state index contributed by atoms with van der Waals surface area (Å²) in [6.07, 6.45) is 3.37. The third-order valence-corrected chi connectivity index (χ3v) is 5.30. The van der Waals surface area contributed by atoms with Crippen LogP contribution in [0.1, 0.15) is 22.5 Å². The molecule has 3 heterocycles. The second-order valence-corrected chi connectivity index (χ2v) is 6.73. The second kappa shape index (κ2) is 6.29. The van der Waals surface area contributed by atoms with E-state index in [1.807, 2.05) is 40.6 Å². The Bertz CT molecular complexity index is 662. The molecule has 0 aromatic carbocycles. The van der Waals surface area contributed by atoms with Crippen molar-refractivity contribution >= 4 is 17.2 Å². The zero-order chi connectivity index (χ0) is 15.6. The van der Waals surface area contributed by atoms with Crippen LogP contribution in [0.15, 0.2) is 41.9 Å². The molecule has 0 radical (unpaired) electrons. The fraction of sp³-hybridized carbons (Fsp3) is 0.412. The fourth-order valence-electron chi connectivity index (χ4n) is 3.41. The van der Waals surface area contributed by atoms with Crippen molar-refractivity contribution in [1.29, 1.82) is 0 Å². The summed E-state index contributed by atoms with van der Waals surface area (Å²) in [5, 5.41) is 1.94. The molecule has 0 bridgehead atoms. The molecule has 2 aromatic heterocycles. The van der Waals surface area contributed by atoms with Crippen molar-refractivity contribution in [3.05, 3.63) is 46.8 Å². The van der Waals surface area contributed by atoms with Crippen LogP contribution in [-0.4, -0.2) is 47.2 Å². The zero-order valence-electron chi connectivity index (χ0n) is 12.6. The van der Waals surface area contributed by atoms with Crippen LogP contribution in [0, 0.1) is 0 Å². The minimum absolute atomic E-state index is 0.0474. The van der Waals surface area contributed by atoms with Gasteiger partial charge in [-0.05, 0) is 30.4 Å². The van der Waals surface area contributed by atoms with Crippen LogP contribution in [0.4, 0.5) is 0 Å². The Morgan fingerprint density at radius 1 is 1.30 bits per heavy atom. The minimum Gasteiger partial charge on any atom is -0.471 e. The Balaban J connectivity index is 1.49. The predicted molar refractivity (Wildman–Crippen MR) is 86.8 cm³/mol. The molecule has 23 heavy (non-hydrogen) atoms. The van der Waals surface area contributed by atoms with E-state index in [9.17, 15) is 4.79 Å². The molecule has 1 aliphatic carbocycles. The van der Waals surface area contributed by atoms with E-state index in [1.54, 1.807) is 6.20 Å². The normalized spacial score (nSPS) is 26.8. The van der Waals surface area contributed by atoms with Crippen molar-refractivity contribution < 1.29 is 14.3 Å². The van der Waals surface area contributed by atoms with Gasteiger partial charge in [0.05, 0.1) is 17.5 Å². The average molecular weight is 330 g/mol. The quantitative estimate of drug-likeness (QED) is 0.868. The average Bonchev–Trinajstić information content (AvgIpc) is 3.25. The van der Waals surface area contributed by atoms with Gasteiger partial charge in [0.25, 0.3) is 5.91 Å². The molecule has 120 valence electrons. The molecule has 1 aliphatic heterocycles. The van der Waals surface area contributed by atoms with Gasteiger partial charge in [-0.15, -0.1) is 11.3 Å². The molecule has 6 heteroatoms. The van der Waals surface area contributed by atoms with E-state index >= 15 is 0 Å². The standard InChI is InChI=1S/C17H18N2O3S/c20-17(14-4-3-11-23-14)19-9-10-21-16-12(19)6-7-13(16)22-15-5-1-2-8-18-15/h1-5,8,11-13,16H,6-7,9-10H2/t12-,13+,16+/m0/s1. The van der Waals surface area contributed by atoms with Crippen LogP contribution in [0.5, 0.6) is 5.88 Å². The smallest absolute Gasteiger partial charge is 0.264 e. The number of hydrogen-bond acceptors (Lipinski definition) is 5. The lowest BCUT2D eigenvalue weighted by molar-refractivity contribution is -0.0792. The Labute approximate surface area is 138 Å². The first-order valence-electron chi connectivity index (χ1n) is 7.87. The van der Waals surface area contributed by atoms with Crippen molar-refractivity contribution in [2.24, 2.45) is 0 Å². The second-order valence-electron chi connectivity index (χ2n) is 5.78. The number of thiophene rings is 1. The molecule has 3 atom stereocenters. The van der Waals surface area contributed by atoms with Crippen LogP contribution < -0.4 is 4.74 Å². The van der Waals surface area contributed by atoms with Crippen molar-refractivity contribution in [2.75, 3.05) is 13.2 Å². The molecule has 1 saturated heterocycles. The van der Waals surface area contributed by atoms with Gasteiger partial charge >= 0.3 is 0 Å². The molecular weight excluding hydrogens is 312 g/mol. The lowest BCUT2D eigenvalue weighted by atomic mass is 10.1. The summed E-state index contributed by atoms with van der Waals surface area (Å²) >= 11 is 1.49. The monoisotopic (exact) mass is 330 g/mol. The Morgan fingerprint density at radius 2 is 2.26 bits per heavy atom. The van der Waals surface area contributed by atoms with Crippen molar-refractivity contribution in [3.63, 3.8) is 0 Å². The number of morpholine rings is 1. The van der Waals surface area contributed by atoms with E-state index in [2.05, 4.69) is 4.98 Å². The molecule has 5 nitrogen and oxygen atoms in total. The van der Waals surface area contributed by atoms with Gasteiger partial charge in [0.2, 0.25) is 5.88 Å². The summed E-state index contributed by atoms with van der Waals surface area (Å²) in [7, 11) is 0. The number of pyridine rings is 1. The van der Waals surface area contributed by atoms with E-state index in [0.29, 0.717) is 19.0 Å². The number of rotatable bonds is 3. The molecule has 0 spiro atoms. The van der Waals surface area contributed by atoms with Crippen LogP contribution in [0.25, 0.3) is 0 Å². The maximum atomic E-state index is 12.7. The maximum absolute atomic E-state index is 12.7. The molecule has 0 unspecified atom stereocenters. The van der Waals surface area contributed by atoms with E-state index in [1.165, 1.54) is 11.3 Å². The van der Waals surface area contributed by atoms with Crippen molar-refractivity contribution in [2.45, 2.75) is 31.1 Å². The third kappa shape index (κ3) is 2.84. The summed E-state index contributed by atoms with van der Waals surface area (Å²) in [5.41, 5.74) is 0. The largest absolute Gasteiger partial charge is 0.471 e. The lowest BCUT2D eigenvalue weighted by Gasteiger charge is -2.38. The first-order chi connectivity index (χ1) is 11.3. The zero-order valence-corrected chi connectivity index (χ0v) is 13.4. The molecular formula is C17H18N2O3S. The number of carbonyl (C=O) groups excluding carboxylic acids is 1. The number of carbonyl (C=O) groups is 1. The van der Waals surface area contributed by atoms with Crippen LogP contribution in [0.2, 0.25) is 0 Å². The van der Waals surface area contributed by atoms with Gasteiger partial charge in [0.15, 0.2) is 0 Å². The van der Waals surface area contributed by atoms with Crippen molar-refractivity contribution in [1.82, 2.24) is 9.88 Å². The van der Waals surface area contributed by atoms with Gasteiger partial charge in [-0.2, -0.15) is 0 Å². The van der Waals surface area contributed by atoms with E-state index < -0.39 is 0 Å². The highest BCUT2D eigenvalue weighted by molar-refractivity contribution is 7.12. The number of nitrogens with zero attached hydrogens (tertiary/aromatic N) is 2. The van der Waals surface area contributed by atoms with Gasteiger partial charge in [-0.1, -0.05) is 12.1 Å². The fourth-order valence-corrected chi connectivity index (χ4v) is 4.09. The van der Waals surface area contributed by atoms with E-state index in [0.717, 1.165) is 17.7 Å². The van der Waals surface area contributed by atoms with Crippen molar-refractivity contribution in [3.8, 4) is 5.88 Å². The molecule has 2 aromatic rings. The predicted octanol–water partition coefficient (Wildman–Crippen LogP) is 2.59. The number of hydrogen-bond donors (Lipinski definition) is 0. The van der Waals surface area contributed by atoms with Gasteiger partial charge in [-0.3, -0.25) is 4.79 Å². The van der Waals surface area contributed by atoms with E-state index in [-0.39, 0.29) is 24.2 Å². The molecule has 0 N–H and O–H groups in total. The summed E-state index contributed by atoms with van der Waals surface area (Å²) in [5.74, 6) is 0.722. The minimum atomic E-state index is -0.0744. The van der Waals surface area contributed by atoms with Crippen LogP contribution in [-0.2, 0) is 4.74 Å². The van der Waals surface area contributed by atoms with Crippen LogP contribution in [0.3, 0.4) is 0 Å². The van der Waals surface area contributed by atoms with E-state index in [4.69, 9.17) is 9.47 Å². The van der Waals surface area contributed by atoms with Gasteiger partial charge in [0.1, 0.15) is 12.2 Å². The number of amides is 1. The summed E-state index contributed by atoms with van der Waals surface area (Å²) < 4.78 is 11.9. The van der Waals surface area contributed by atoms with Crippen LogP contribution >= 0.6 is 11.3 Å². The summed E-state index contributed by atoms with van der Waals surface area (Å²) in [6, 6.07) is 9.51. The SMILES string of the molecule is O=C(c1cccs1)N1CCO[C@H]2[C@H](Oc3ccccn3)CC[C@@H]21. The Morgan fingerprint density at radius 3 is 3.04 bits per heavy atom. The van der Waals surface area contributed by atoms with Gasteiger partial charge in [-0.25, -0.2) is 4.98 Å². The number of fused-ring (bicyclic) bond motifs is 1. The molecule has 1 amide bonds. The molecule has 2 fully saturated rings. The maximum Gasteiger partial charge on any atom is 0.264 e. The van der Waals surface area contributed by atoms with Gasteiger partial charge in [0, 0.05) is 18.8 Å². The summed E-state index contributed by atoms with van der Waals surface area (Å²) in [4.78, 5) is 19.7. The Hall–Kier alpha value is -1.92.